The predicted octanol–water partition coefficient (Wildman–Crippen LogP) is 1.78. The first kappa shape index (κ1) is 11.8. The van der Waals surface area contributed by atoms with Crippen LogP contribution in [0.4, 0.5) is 0 Å². The van der Waals surface area contributed by atoms with Crippen LogP contribution >= 0.6 is 0 Å². The fourth-order valence-corrected chi connectivity index (χ4v) is 1.01. The monoisotopic (exact) mass is 222 g/mol. The van der Waals surface area contributed by atoms with Gasteiger partial charge in [0.15, 0.2) is 0 Å². The molecule has 0 saturated heterocycles. The van der Waals surface area contributed by atoms with Crippen LogP contribution in [0.15, 0.2) is 40.5 Å². The average Bonchev–Trinajstić information content (AvgIpc) is 2.68. The number of allylic oxidation sites excluding steroid dienone is 2. The second-order valence-electron chi connectivity index (χ2n) is 2.94. The zero-order valence-electron chi connectivity index (χ0n) is 8.29. The van der Waals surface area contributed by atoms with Gasteiger partial charge in [-0.25, -0.2) is 4.79 Å². The summed E-state index contributed by atoms with van der Waals surface area (Å²) in [6.07, 6.45) is 5.19. The largest absolute Gasteiger partial charge is 0.481 e. The van der Waals surface area contributed by atoms with Gasteiger partial charge in [0.25, 0.3) is 0 Å². The Bertz CT molecular complexity index is 425. The third-order valence-corrected chi connectivity index (χ3v) is 1.72. The second kappa shape index (κ2) is 5.55. The van der Waals surface area contributed by atoms with Crippen LogP contribution in [-0.4, -0.2) is 22.2 Å². The van der Waals surface area contributed by atoms with E-state index < -0.39 is 18.4 Å². The van der Waals surface area contributed by atoms with E-state index >= 15 is 0 Å². The first-order valence-corrected chi connectivity index (χ1v) is 4.45. The fraction of sp³-hybridized carbons (Fsp3) is 0.0909. The van der Waals surface area contributed by atoms with E-state index in [-0.39, 0.29) is 5.57 Å². The van der Waals surface area contributed by atoms with Gasteiger partial charge in [-0.05, 0) is 18.2 Å². The topological polar surface area (TPSA) is 87.7 Å². The van der Waals surface area contributed by atoms with Crippen LogP contribution in [0.1, 0.15) is 12.2 Å². The number of aliphatic carboxylic acids is 2. The zero-order valence-corrected chi connectivity index (χ0v) is 8.29. The Kier molecular flexibility index (Phi) is 4.08. The van der Waals surface area contributed by atoms with Crippen LogP contribution in [0.3, 0.4) is 0 Å². The van der Waals surface area contributed by atoms with Crippen molar-refractivity contribution in [3.63, 3.8) is 0 Å². The predicted molar refractivity (Wildman–Crippen MR) is 55.7 cm³/mol. The van der Waals surface area contributed by atoms with Crippen LogP contribution in [0.2, 0.25) is 0 Å². The second-order valence-corrected chi connectivity index (χ2v) is 2.94. The molecule has 0 aliphatic rings. The molecule has 84 valence electrons. The molecule has 1 rings (SSSR count). The van der Waals surface area contributed by atoms with Gasteiger partial charge in [-0.15, -0.1) is 0 Å². The summed E-state index contributed by atoms with van der Waals surface area (Å²) in [4.78, 5) is 21.0. The van der Waals surface area contributed by atoms with Gasteiger partial charge in [-0.3, -0.25) is 4.79 Å². The Labute approximate surface area is 91.3 Å². The van der Waals surface area contributed by atoms with Crippen molar-refractivity contribution in [2.24, 2.45) is 0 Å². The highest BCUT2D eigenvalue weighted by Gasteiger charge is 2.10. The van der Waals surface area contributed by atoms with Gasteiger partial charge in [-0.1, -0.05) is 12.2 Å². The fourth-order valence-electron chi connectivity index (χ4n) is 1.01. The molecule has 0 unspecified atom stereocenters. The van der Waals surface area contributed by atoms with Gasteiger partial charge in [0, 0.05) is 5.57 Å². The lowest BCUT2D eigenvalue weighted by molar-refractivity contribution is -0.139. The summed E-state index contributed by atoms with van der Waals surface area (Å²) >= 11 is 0. The Morgan fingerprint density at radius 3 is 2.62 bits per heavy atom. The van der Waals surface area contributed by atoms with Gasteiger partial charge in [0.05, 0.1) is 12.7 Å². The molecule has 0 fully saturated rings. The van der Waals surface area contributed by atoms with Crippen molar-refractivity contribution in [3.05, 3.63) is 41.9 Å². The van der Waals surface area contributed by atoms with Gasteiger partial charge in [0.1, 0.15) is 5.76 Å². The number of hydrogen-bond acceptors (Lipinski definition) is 3. The molecule has 1 aromatic heterocycles. The number of furan rings is 1. The Balaban J connectivity index is 2.71. The molecular formula is C11H10O5. The first-order valence-electron chi connectivity index (χ1n) is 4.45. The normalized spacial score (nSPS) is 11.9. The minimum atomic E-state index is -1.24. The zero-order chi connectivity index (χ0) is 12.0. The lowest BCUT2D eigenvalue weighted by atomic mass is 10.1. The molecule has 0 amide bonds. The number of carbonyl (C=O) groups is 2. The first-order chi connectivity index (χ1) is 7.59. The van der Waals surface area contributed by atoms with Crippen molar-refractivity contribution in [2.75, 3.05) is 0 Å². The van der Waals surface area contributed by atoms with E-state index in [9.17, 15) is 9.59 Å². The molecule has 0 saturated carbocycles. The maximum Gasteiger partial charge on any atom is 0.332 e. The van der Waals surface area contributed by atoms with E-state index in [4.69, 9.17) is 14.6 Å². The Morgan fingerprint density at radius 2 is 2.12 bits per heavy atom. The highest BCUT2D eigenvalue weighted by Crippen LogP contribution is 2.06. The summed E-state index contributed by atoms with van der Waals surface area (Å²) < 4.78 is 4.98. The van der Waals surface area contributed by atoms with E-state index in [2.05, 4.69) is 0 Å². The summed E-state index contributed by atoms with van der Waals surface area (Å²) in [6.45, 7) is 0. The van der Waals surface area contributed by atoms with Crippen molar-refractivity contribution in [1.29, 1.82) is 0 Å². The average molecular weight is 222 g/mol. The minimum Gasteiger partial charge on any atom is -0.481 e. The maximum atomic E-state index is 10.6. The molecular weight excluding hydrogens is 212 g/mol. The van der Waals surface area contributed by atoms with Gasteiger partial charge >= 0.3 is 11.9 Å². The van der Waals surface area contributed by atoms with E-state index in [0.29, 0.717) is 5.76 Å². The molecule has 0 bridgehead atoms. The number of carboxylic acid groups (broad SMARTS) is 2. The summed E-state index contributed by atoms with van der Waals surface area (Å²) in [6, 6.07) is 3.39. The highest BCUT2D eigenvalue weighted by molar-refractivity contribution is 5.92. The summed E-state index contributed by atoms with van der Waals surface area (Å²) in [7, 11) is 0. The number of hydrogen-bond donors (Lipinski definition) is 2. The molecule has 2 N–H and O–H groups in total. The maximum absolute atomic E-state index is 10.6. The van der Waals surface area contributed by atoms with E-state index in [1.54, 1.807) is 18.2 Å². The smallest absolute Gasteiger partial charge is 0.332 e. The van der Waals surface area contributed by atoms with E-state index in [1.165, 1.54) is 18.4 Å². The van der Waals surface area contributed by atoms with Crippen LogP contribution in [-0.2, 0) is 9.59 Å². The third kappa shape index (κ3) is 3.83. The van der Waals surface area contributed by atoms with Crippen molar-refractivity contribution in [1.82, 2.24) is 0 Å². The van der Waals surface area contributed by atoms with Crippen LogP contribution in [0, 0.1) is 0 Å². The van der Waals surface area contributed by atoms with Crippen LogP contribution < -0.4 is 0 Å². The molecule has 0 aliphatic carbocycles. The van der Waals surface area contributed by atoms with Crippen LogP contribution in [0.25, 0.3) is 6.08 Å². The lowest BCUT2D eigenvalue weighted by Crippen LogP contribution is -2.06. The molecule has 16 heavy (non-hydrogen) atoms. The molecule has 0 radical (unpaired) electrons. The Hall–Kier alpha value is -2.30. The molecule has 1 heterocycles. The summed E-state index contributed by atoms with van der Waals surface area (Å²) in [5.41, 5.74) is -0.185. The van der Waals surface area contributed by atoms with E-state index in [1.807, 2.05) is 0 Å². The SMILES string of the molecule is O=C(O)C/C(=C\C=C\c1ccco1)C(=O)O. The molecule has 5 heteroatoms. The summed E-state index contributed by atoms with van der Waals surface area (Å²) in [5.74, 6) is -1.86. The van der Waals surface area contributed by atoms with E-state index in [0.717, 1.165) is 0 Å². The molecule has 0 aliphatic heterocycles. The van der Waals surface area contributed by atoms with Crippen molar-refractivity contribution >= 4 is 18.0 Å². The molecule has 0 aromatic carbocycles. The van der Waals surface area contributed by atoms with Crippen molar-refractivity contribution in [3.8, 4) is 0 Å². The molecule has 0 spiro atoms. The number of rotatable bonds is 5. The third-order valence-electron chi connectivity index (χ3n) is 1.72. The molecule has 5 nitrogen and oxygen atoms in total. The summed E-state index contributed by atoms with van der Waals surface area (Å²) in [5, 5.41) is 17.2. The highest BCUT2D eigenvalue weighted by atomic mass is 16.4. The minimum absolute atomic E-state index is 0.185. The lowest BCUT2D eigenvalue weighted by Gasteiger charge is -1.95. The number of carboxylic acids is 2. The van der Waals surface area contributed by atoms with Crippen LogP contribution in [0.5, 0.6) is 0 Å². The molecule has 0 atom stereocenters. The standard InChI is InChI=1S/C11H10O5/c12-10(13)7-8(11(14)15)3-1-4-9-5-2-6-16-9/h1-6H,7H2,(H,12,13)(H,14,15)/b4-1+,8-3+. The Morgan fingerprint density at radius 1 is 1.38 bits per heavy atom. The quantitative estimate of drug-likeness (QED) is 0.585. The van der Waals surface area contributed by atoms with Gasteiger partial charge < -0.3 is 14.6 Å². The van der Waals surface area contributed by atoms with Crippen molar-refractivity contribution in [2.45, 2.75) is 6.42 Å². The van der Waals surface area contributed by atoms with Gasteiger partial charge in [-0.2, -0.15) is 0 Å². The van der Waals surface area contributed by atoms with Crippen molar-refractivity contribution < 1.29 is 24.2 Å². The molecule has 1 aromatic rings. The van der Waals surface area contributed by atoms with Gasteiger partial charge in [0.2, 0.25) is 0 Å².